The molecule has 2 aromatic rings. The second-order valence-corrected chi connectivity index (χ2v) is 8.54. The number of rotatable bonds is 8. The van der Waals surface area contributed by atoms with Crippen LogP contribution >= 0.6 is 0 Å². The highest BCUT2D eigenvalue weighted by molar-refractivity contribution is 5.99. The van der Waals surface area contributed by atoms with Gasteiger partial charge in [-0.25, -0.2) is 4.79 Å². The summed E-state index contributed by atoms with van der Waals surface area (Å²) in [4.78, 5) is 40.7. The molecule has 0 bridgehead atoms. The molecule has 0 aliphatic carbocycles. The van der Waals surface area contributed by atoms with Crippen molar-refractivity contribution in [2.45, 2.75) is 32.6 Å². The number of benzene rings is 2. The fourth-order valence-electron chi connectivity index (χ4n) is 4.42. The number of hydrogen-bond acceptors (Lipinski definition) is 6. The van der Waals surface area contributed by atoms with Gasteiger partial charge in [-0.3, -0.25) is 14.5 Å². The molecule has 4 rings (SSSR count). The summed E-state index contributed by atoms with van der Waals surface area (Å²) in [6.07, 6.45) is 2.53. The van der Waals surface area contributed by atoms with Gasteiger partial charge >= 0.3 is 5.97 Å². The third kappa shape index (κ3) is 5.79. The van der Waals surface area contributed by atoms with E-state index in [1.165, 1.54) is 0 Å². The molecule has 1 saturated heterocycles. The molecule has 7 nitrogen and oxygen atoms in total. The number of nitrogens with zero attached hydrogens (tertiary/aromatic N) is 2. The normalized spacial score (nSPS) is 16.2. The summed E-state index contributed by atoms with van der Waals surface area (Å²) in [5, 5.41) is 2.86. The van der Waals surface area contributed by atoms with Gasteiger partial charge in [0.15, 0.2) is 5.78 Å². The van der Waals surface area contributed by atoms with Crippen LogP contribution in [0.2, 0.25) is 0 Å². The van der Waals surface area contributed by atoms with Gasteiger partial charge in [-0.15, -0.1) is 0 Å². The van der Waals surface area contributed by atoms with Crippen LogP contribution in [0.25, 0.3) is 0 Å². The first-order valence-electron chi connectivity index (χ1n) is 11.7. The molecule has 2 aromatic carbocycles. The molecule has 33 heavy (non-hydrogen) atoms. The Morgan fingerprint density at radius 2 is 1.70 bits per heavy atom. The van der Waals surface area contributed by atoms with Crippen molar-refractivity contribution < 1.29 is 19.1 Å². The molecule has 0 unspecified atom stereocenters. The summed E-state index contributed by atoms with van der Waals surface area (Å²) >= 11 is 0. The molecule has 2 aliphatic heterocycles. The number of carbonyl (C=O) groups is 3. The van der Waals surface area contributed by atoms with Gasteiger partial charge in [0.25, 0.3) is 0 Å². The zero-order valence-corrected chi connectivity index (χ0v) is 19.1. The predicted octanol–water partition coefficient (Wildman–Crippen LogP) is 3.53. The van der Waals surface area contributed by atoms with Gasteiger partial charge in [-0.05, 0) is 74.3 Å². The molecule has 0 radical (unpaired) electrons. The number of ether oxygens (including phenoxy) is 1. The number of hydrogen-bond donors (Lipinski definition) is 1. The van der Waals surface area contributed by atoms with Crippen LogP contribution in [0.5, 0.6) is 0 Å². The Morgan fingerprint density at radius 3 is 2.42 bits per heavy atom. The number of carbonyl (C=O) groups excluding carboxylic acids is 3. The molecule has 0 spiro atoms. The first-order chi connectivity index (χ1) is 16.0. The topological polar surface area (TPSA) is 79.0 Å². The lowest BCUT2D eigenvalue weighted by molar-refractivity contribution is -0.116. The SMILES string of the molecule is CCOC(=O)c1ccc(N2CCN(CCCC(=O)c3ccc4c(c3)CCC(=O)N4)CC2)cc1. The Kier molecular flexibility index (Phi) is 7.40. The second kappa shape index (κ2) is 10.6. The number of ketones is 1. The molecule has 2 heterocycles. The third-order valence-electron chi connectivity index (χ3n) is 6.32. The average molecular weight is 450 g/mol. The Bertz CT molecular complexity index is 1010. The van der Waals surface area contributed by atoms with Crippen molar-refractivity contribution in [1.29, 1.82) is 0 Å². The summed E-state index contributed by atoms with van der Waals surface area (Å²) in [5.74, 6) is -0.0871. The third-order valence-corrected chi connectivity index (χ3v) is 6.32. The number of anilines is 2. The molecule has 174 valence electrons. The van der Waals surface area contributed by atoms with Gasteiger partial charge in [0.1, 0.15) is 0 Å². The standard InChI is InChI=1S/C26H31N3O4/c1-2-33-26(32)19-5-9-22(10-6-19)29-16-14-28(15-17-29)13-3-4-24(30)21-7-11-23-20(18-21)8-12-25(31)27-23/h5-7,9-11,18H,2-4,8,12-17H2,1H3,(H,27,31). The molecular formula is C26H31N3O4. The quantitative estimate of drug-likeness (QED) is 0.491. The van der Waals surface area contributed by atoms with Crippen LogP contribution in [0.15, 0.2) is 42.5 Å². The number of nitrogens with one attached hydrogen (secondary N) is 1. The lowest BCUT2D eigenvalue weighted by atomic mass is 9.97. The zero-order chi connectivity index (χ0) is 23.2. The van der Waals surface area contributed by atoms with Crippen molar-refractivity contribution in [3.8, 4) is 0 Å². The minimum absolute atomic E-state index is 0.0374. The summed E-state index contributed by atoms with van der Waals surface area (Å²) in [6.45, 7) is 6.83. The van der Waals surface area contributed by atoms with Crippen LogP contribution in [-0.4, -0.2) is 61.9 Å². The van der Waals surface area contributed by atoms with E-state index >= 15 is 0 Å². The lowest BCUT2D eigenvalue weighted by Crippen LogP contribution is -2.46. The van der Waals surface area contributed by atoms with Gasteiger partial charge in [0, 0.05) is 56.0 Å². The van der Waals surface area contributed by atoms with E-state index in [1.807, 2.05) is 42.5 Å². The molecule has 1 fully saturated rings. The largest absolute Gasteiger partial charge is 0.462 e. The van der Waals surface area contributed by atoms with Crippen molar-refractivity contribution in [1.82, 2.24) is 4.90 Å². The van der Waals surface area contributed by atoms with Gasteiger partial charge < -0.3 is 15.0 Å². The van der Waals surface area contributed by atoms with Crippen LogP contribution in [0.3, 0.4) is 0 Å². The molecule has 0 aromatic heterocycles. The van der Waals surface area contributed by atoms with E-state index < -0.39 is 0 Å². The molecule has 1 N–H and O–H groups in total. The van der Waals surface area contributed by atoms with Crippen LogP contribution in [0.4, 0.5) is 11.4 Å². The summed E-state index contributed by atoms with van der Waals surface area (Å²) in [6, 6.07) is 13.2. The maximum absolute atomic E-state index is 12.6. The van der Waals surface area contributed by atoms with Gasteiger partial charge in [0.05, 0.1) is 12.2 Å². The van der Waals surface area contributed by atoms with Crippen molar-refractivity contribution in [3.63, 3.8) is 0 Å². The Morgan fingerprint density at radius 1 is 0.970 bits per heavy atom. The predicted molar refractivity (Wildman–Crippen MR) is 128 cm³/mol. The summed E-state index contributed by atoms with van der Waals surface area (Å²) in [7, 11) is 0. The van der Waals surface area contributed by atoms with Gasteiger partial charge in [0.2, 0.25) is 5.91 Å². The van der Waals surface area contributed by atoms with E-state index in [-0.39, 0.29) is 17.7 Å². The summed E-state index contributed by atoms with van der Waals surface area (Å²) < 4.78 is 5.04. The molecular weight excluding hydrogens is 418 g/mol. The fourth-order valence-corrected chi connectivity index (χ4v) is 4.42. The van der Waals surface area contributed by atoms with E-state index in [0.29, 0.717) is 31.4 Å². The number of piperazine rings is 1. The van der Waals surface area contributed by atoms with Crippen LogP contribution in [0, 0.1) is 0 Å². The van der Waals surface area contributed by atoms with Crippen LogP contribution < -0.4 is 10.2 Å². The smallest absolute Gasteiger partial charge is 0.338 e. The van der Waals surface area contributed by atoms with Crippen molar-refractivity contribution in [3.05, 3.63) is 59.2 Å². The van der Waals surface area contributed by atoms with Gasteiger partial charge in [-0.1, -0.05) is 0 Å². The molecule has 0 atom stereocenters. The molecule has 7 heteroatoms. The lowest BCUT2D eigenvalue weighted by Gasteiger charge is -2.36. The minimum Gasteiger partial charge on any atom is -0.462 e. The molecule has 2 aliphatic rings. The Labute approximate surface area is 194 Å². The van der Waals surface area contributed by atoms with E-state index in [1.54, 1.807) is 6.92 Å². The Hall–Kier alpha value is -3.19. The first-order valence-corrected chi connectivity index (χ1v) is 11.7. The molecule has 0 saturated carbocycles. The van der Waals surface area contributed by atoms with Crippen molar-refractivity contribution in [2.75, 3.05) is 49.5 Å². The maximum Gasteiger partial charge on any atom is 0.338 e. The highest BCUT2D eigenvalue weighted by Crippen LogP contribution is 2.24. The highest BCUT2D eigenvalue weighted by Gasteiger charge is 2.19. The highest BCUT2D eigenvalue weighted by atomic mass is 16.5. The van der Waals surface area contributed by atoms with Crippen molar-refractivity contribution >= 4 is 29.0 Å². The van der Waals surface area contributed by atoms with E-state index in [4.69, 9.17) is 4.74 Å². The van der Waals surface area contributed by atoms with E-state index in [0.717, 1.165) is 61.6 Å². The number of esters is 1. The van der Waals surface area contributed by atoms with Crippen LogP contribution in [0.1, 0.15) is 52.5 Å². The van der Waals surface area contributed by atoms with Gasteiger partial charge in [-0.2, -0.15) is 0 Å². The molecule has 1 amide bonds. The number of aryl methyl sites for hydroxylation is 1. The number of Topliss-reactive ketones (excluding diaryl/α,β-unsaturated/α-hetero) is 1. The number of amides is 1. The summed E-state index contributed by atoms with van der Waals surface area (Å²) in [5.41, 5.74) is 4.30. The maximum atomic E-state index is 12.6. The average Bonchev–Trinajstić information content (AvgIpc) is 2.84. The van der Waals surface area contributed by atoms with E-state index in [2.05, 4.69) is 15.1 Å². The Balaban J connectivity index is 1.20. The number of fused-ring (bicyclic) bond motifs is 1. The van der Waals surface area contributed by atoms with Crippen molar-refractivity contribution in [2.24, 2.45) is 0 Å². The second-order valence-electron chi connectivity index (χ2n) is 8.54. The monoisotopic (exact) mass is 449 g/mol. The fraction of sp³-hybridized carbons (Fsp3) is 0.423. The van der Waals surface area contributed by atoms with Crippen LogP contribution in [-0.2, 0) is 16.0 Å². The zero-order valence-electron chi connectivity index (χ0n) is 19.1. The van der Waals surface area contributed by atoms with E-state index in [9.17, 15) is 14.4 Å². The minimum atomic E-state index is -0.287. The first kappa shape index (κ1) is 23.0.